The number of hydrogen-bond acceptors (Lipinski definition) is 6. The van der Waals surface area contributed by atoms with Crippen molar-refractivity contribution in [3.8, 4) is 6.07 Å². The molecule has 8 nitrogen and oxygen atoms in total. The fourth-order valence-electron chi connectivity index (χ4n) is 3.14. The van der Waals surface area contributed by atoms with E-state index < -0.39 is 0 Å². The molecule has 1 saturated heterocycles. The zero-order valence-corrected chi connectivity index (χ0v) is 14.1. The van der Waals surface area contributed by atoms with Crippen LogP contribution in [0.15, 0.2) is 22.9 Å². The van der Waals surface area contributed by atoms with Gasteiger partial charge in [-0.05, 0) is 25.8 Å². The van der Waals surface area contributed by atoms with E-state index in [0.717, 1.165) is 12.8 Å². The molecule has 0 bridgehead atoms. The minimum Gasteiger partial charge on any atom is -0.423 e. The smallest absolute Gasteiger partial charge is 0.247 e. The number of nitrogens with zero attached hydrogens (tertiary/aromatic N) is 6. The number of piperazine rings is 1. The van der Waals surface area contributed by atoms with Gasteiger partial charge in [0.25, 0.3) is 0 Å². The zero-order chi connectivity index (χ0) is 17.4. The standard InChI is InChI=1S/C17H20N6O2/c1-12(23-6-2-5-19-23)16(24)21-7-9-22(10-8-21)17-14(11-18)20-15(25-17)13-3-4-13/h2,5-6,12-13H,3-4,7-10H2,1H3/t12-/m1/s1. The number of carbonyl (C=O) groups is 1. The summed E-state index contributed by atoms with van der Waals surface area (Å²) in [6.45, 7) is 4.30. The first-order valence-corrected chi connectivity index (χ1v) is 8.61. The fraction of sp³-hybridized carbons (Fsp3) is 0.529. The van der Waals surface area contributed by atoms with Crippen molar-refractivity contribution in [2.45, 2.75) is 31.7 Å². The van der Waals surface area contributed by atoms with Crippen LogP contribution in [0.25, 0.3) is 0 Å². The molecule has 1 aliphatic heterocycles. The van der Waals surface area contributed by atoms with Gasteiger partial charge in [0.2, 0.25) is 23.4 Å². The van der Waals surface area contributed by atoms with Crippen LogP contribution in [0.4, 0.5) is 5.88 Å². The second kappa shape index (κ2) is 6.24. The Bertz CT molecular complexity index is 794. The molecule has 1 saturated carbocycles. The Morgan fingerprint density at radius 1 is 1.36 bits per heavy atom. The maximum Gasteiger partial charge on any atom is 0.247 e. The van der Waals surface area contributed by atoms with Gasteiger partial charge in [-0.15, -0.1) is 0 Å². The molecule has 2 aromatic heterocycles. The van der Waals surface area contributed by atoms with Gasteiger partial charge in [-0.1, -0.05) is 0 Å². The summed E-state index contributed by atoms with van der Waals surface area (Å²) in [7, 11) is 0. The molecule has 0 spiro atoms. The molecule has 2 aliphatic rings. The molecule has 0 unspecified atom stereocenters. The molecule has 130 valence electrons. The Hall–Kier alpha value is -2.82. The molecule has 0 aromatic carbocycles. The van der Waals surface area contributed by atoms with E-state index in [1.807, 2.05) is 22.8 Å². The molecule has 1 amide bonds. The van der Waals surface area contributed by atoms with Crippen molar-refractivity contribution in [1.82, 2.24) is 19.7 Å². The zero-order valence-electron chi connectivity index (χ0n) is 14.1. The van der Waals surface area contributed by atoms with E-state index in [4.69, 9.17) is 4.42 Å². The third kappa shape index (κ3) is 2.97. The van der Waals surface area contributed by atoms with Crippen molar-refractivity contribution in [2.75, 3.05) is 31.1 Å². The highest BCUT2D eigenvalue weighted by molar-refractivity contribution is 5.80. The Balaban J connectivity index is 1.41. The second-order valence-electron chi connectivity index (χ2n) is 6.57. The lowest BCUT2D eigenvalue weighted by molar-refractivity contribution is -0.134. The highest BCUT2D eigenvalue weighted by Crippen LogP contribution is 2.41. The molecule has 4 rings (SSSR count). The third-order valence-electron chi connectivity index (χ3n) is 4.82. The summed E-state index contributed by atoms with van der Waals surface area (Å²) in [5.41, 5.74) is 0.353. The number of rotatable bonds is 4. The van der Waals surface area contributed by atoms with Crippen LogP contribution in [0.3, 0.4) is 0 Å². The van der Waals surface area contributed by atoms with Crippen LogP contribution in [-0.4, -0.2) is 51.8 Å². The van der Waals surface area contributed by atoms with Crippen molar-refractivity contribution in [1.29, 1.82) is 5.26 Å². The predicted octanol–water partition coefficient (Wildman–Crippen LogP) is 1.53. The Morgan fingerprint density at radius 3 is 2.72 bits per heavy atom. The Labute approximate surface area is 145 Å². The minimum absolute atomic E-state index is 0.0556. The van der Waals surface area contributed by atoms with Crippen molar-refractivity contribution >= 4 is 11.8 Å². The van der Waals surface area contributed by atoms with Gasteiger partial charge in [-0.2, -0.15) is 10.4 Å². The monoisotopic (exact) mass is 340 g/mol. The van der Waals surface area contributed by atoms with Gasteiger partial charge in [0.15, 0.2) is 0 Å². The third-order valence-corrected chi connectivity index (χ3v) is 4.82. The lowest BCUT2D eigenvalue weighted by Gasteiger charge is -2.35. The molecule has 25 heavy (non-hydrogen) atoms. The lowest BCUT2D eigenvalue weighted by atomic mass is 10.2. The minimum atomic E-state index is -0.317. The molecular formula is C17H20N6O2. The predicted molar refractivity (Wildman–Crippen MR) is 88.9 cm³/mol. The van der Waals surface area contributed by atoms with Gasteiger partial charge in [0.05, 0.1) is 0 Å². The van der Waals surface area contributed by atoms with Gasteiger partial charge in [-0.25, -0.2) is 4.98 Å². The van der Waals surface area contributed by atoms with Crippen molar-refractivity contribution < 1.29 is 9.21 Å². The number of carbonyl (C=O) groups excluding carboxylic acids is 1. The van der Waals surface area contributed by atoms with Crippen LogP contribution >= 0.6 is 0 Å². The van der Waals surface area contributed by atoms with Crippen LogP contribution in [0.2, 0.25) is 0 Å². The maximum atomic E-state index is 12.6. The molecule has 8 heteroatoms. The van der Waals surface area contributed by atoms with Crippen LogP contribution < -0.4 is 4.90 Å². The van der Waals surface area contributed by atoms with E-state index in [-0.39, 0.29) is 11.9 Å². The number of oxazole rings is 1. The fourth-order valence-corrected chi connectivity index (χ4v) is 3.14. The summed E-state index contributed by atoms with van der Waals surface area (Å²) in [5.74, 6) is 1.66. The van der Waals surface area contributed by atoms with Gasteiger partial charge < -0.3 is 14.2 Å². The average molecular weight is 340 g/mol. The summed E-state index contributed by atoms with van der Waals surface area (Å²) < 4.78 is 7.51. The normalized spacial score (nSPS) is 18.9. The van der Waals surface area contributed by atoms with Gasteiger partial charge >= 0.3 is 0 Å². The highest BCUT2D eigenvalue weighted by Gasteiger charge is 2.33. The van der Waals surface area contributed by atoms with E-state index in [1.165, 1.54) is 0 Å². The van der Waals surface area contributed by atoms with Gasteiger partial charge in [0.1, 0.15) is 12.1 Å². The van der Waals surface area contributed by atoms with E-state index in [2.05, 4.69) is 16.2 Å². The molecule has 1 aliphatic carbocycles. The highest BCUT2D eigenvalue weighted by atomic mass is 16.4. The molecule has 2 fully saturated rings. The van der Waals surface area contributed by atoms with E-state index in [0.29, 0.717) is 49.6 Å². The molecule has 2 aromatic rings. The first kappa shape index (κ1) is 15.7. The van der Waals surface area contributed by atoms with E-state index in [1.54, 1.807) is 17.1 Å². The van der Waals surface area contributed by atoms with Crippen molar-refractivity contribution in [2.24, 2.45) is 0 Å². The first-order chi connectivity index (χ1) is 12.2. The topological polar surface area (TPSA) is 91.2 Å². The number of aromatic nitrogens is 3. The largest absolute Gasteiger partial charge is 0.423 e. The van der Waals surface area contributed by atoms with Crippen molar-refractivity contribution in [3.63, 3.8) is 0 Å². The quantitative estimate of drug-likeness (QED) is 0.838. The maximum absolute atomic E-state index is 12.6. The first-order valence-electron chi connectivity index (χ1n) is 8.61. The second-order valence-corrected chi connectivity index (χ2v) is 6.57. The molecule has 0 N–H and O–H groups in total. The Kier molecular flexibility index (Phi) is 3.92. The van der Waals surface area contributed by atoms with Gasteiger partial charge in [-0.3, -0.25) is 9.48 Å². The number of amides is 1. The summed E-state index contributed by atoms with van der Waals surface area (Å²) >= 11 is 0. The SMILES string of the molecule is C[C@H](C(=O)N1CCN(c2oc(C3CC3)nc2C#N)CC1)n1cccn1. The molecule has 0 radical (unpaired) electrons. The van der Waals surface area contributed by atoms with Gasteiger partial charge in [0, 0.05) is 44.5 Å². The number of nitriles is 1. The van der Waals surface area contributed by atoms with Crippen LogP contribution in [0.1, 0.15) is 43.3 Å². The summed E-state index contributed by atoms with van der Waals surface area (Å²) in [6.07, 6.45) is 5.63. The van der Waals surface area contributed by atoms with E-state index >= 15 is 0 Å². The number of hydrogen-bond donors (Lipinski definition) is 0. The summed E-state index contributed by atoms with van der Waals surface area (Å²) in [6, 6.07) is 3.62. The van der Waals surface area contributed by atoms with Crippen LogP contribution in [0, 0.1) is 11.3 Å². The number of anilines is 1. The average Bonchev–Trinajstić information content (AvgIpc) is 3.19. The van der Waals surface area contributed by atoms with Crippen LogP contribution in [-0.2, 0) is 4.79 Å². The molecular weight excluding hydrogens is 320 g/mol. The van der Waals surface area contributed by atoms with E-state index in [9.17, 15) is 10.1 Å². The lowest BCUT2D eigenvalue weighted by Crippen LogP contribution is -2.50. The summed E-state index contributed by atoms with van der Waals surface area (Å²) in [4.78, 5) is 20.8. The molecule has 3 heterocycles. The van der Waals surface area contributed by atoms with Crippen molar-refractivity contribution in [3.05, 3.63) is 30.0 Å². The van der Waals surface area contributed by atoms with Crippen LogP contribution in [0.5, 0.6) is 0 Å². The summed E-state index contributed by atoms with van der Waals surface area (Å²) in [5, 5.41) is 13.5. The Morgan fingerprint density at radius 2 is 2.12 bits per heavy atom. The molecule has 1 atom stereocenters.